The number of hydrogen-bond donors (Lipinski definition) is 1. The van der Waals surface area contributed by atoms with Crippen LogP contribution in [0.3, 0.4) is 0 Å². The summed E-state index contributed by atoms with van der Waals surface area (Å²) < 4.78 is 40.1. The Labute approximate surface area is 157 Å². The molecule has 10 heteroatoms. The van der Waals surface area contributed by atoms with E-state index >= 15 is 0 Å². The van der Waals surface area contributed by atoms with Gasteiger partial charge in [-0.2, -0.15) is 18.3 Å². The summed E-state index contributed by atoms with van der Waals surface area (Å²) in [5.41, 5.74) is -1.20. The van der Waals surface area contributed by atoms with Crippen LogP contribution in [0.4, 0.5) is 19.0 Å². The van der Waals surface area contributed by atoms with Crippen LogP contribution < -0.4 is 10.9 Å². The zero-order valence-electron chi connectivity index (χ0n) is 15.0. The summed E-state index contributed by atoms with van der Waals surface area (Å²) in [7, 11) is 0. The first kappa shape index (κ1) is 19.5. The van der Waals surface area contributed by atoms with E-state index in [0.717, 1.165) is 22.9 Å². The zero-order chi connectivity index (χ0) is 20.5. The third-order valence-corrected chi connectivity index (χ3v) is 4.01. The van der Waals surface area contributed by atoms with Gasteiger partial charge in [0, 0.05) is 11.6 Å². The van der Waals surface area contributed by atoms with E-state index in [0.29, 0.717) is 5.69 Å². The summed E-state index contributed by atoms with van der Waals surface area (Å²) in [6, 6.07) is 4.36. The lowest BCUT2D eigenvalue weighted by Crippen LogP contribution is -2.31. The van der Waals surface area contributed by atoms with Gasteiger partial charge in [0.15, 0.2) is 0 Å². The van der Waals surface area contributed by atoms with Gasteiger partial charge in [-0.1, -0.05) is 13.8 Å². The van der Waals surface area contributed by atoms with Gasteiger partial charge >= 0.3 is 6.18 Å². The number of aromatic nitrogens is 4. The zero-order valence-corrected chi connectivity index (χ0v) is 15.0. The largest absolute Gasteiger partial charge is 0.416 e. The molecular formula is C18H16F3N5O2. The average Bonchev–Trinajstić information content (AvgIpc) is 2.63. The quantitative estimate of drug-likeness (QED) is 0.739. The lowest BCUT2D eigenvalue weighted by atomic mass is 10.0. The number of carbonyl (C=O) groups excluding carboxylic acids is 1. The predicted octanol–water partition coefficient (Wildman–Crippen LogP) is 2.97. The second-order valence-corrected chi connectivity index (χ2v) is 6.40. The van der Waals surface area contributed by atoms with E-state index in [2.05, 4.69) is 20.4 Å². The molecule has 7 nitrogen and oxygen atoms in total. The molecule has 1 aromatic carbocycles. The number of rotatable bonds is 4. The lowest BCUT2D eigenvalue weighted by Gasteiger charge is -2.15. The minimum absolute atomic E-state index is 0.0709. The van der Waals surface area contributed by atoms with E-state index < -0.39 is 29.8 Å². The van der Waals surface area contributed by atoms with Crippen molar-refractivity contribution in [2.24, 2.45) is 0 Å². The second-order valence-electron chi connectivity index (χ2n) is 6.40. The maximum Gasteiger partial charge on any atom is 0.416 e. The summed E-state index contributed by atoms with van der Waals surface area (Å²) in [6.07, 6.45) is -1.84. The van der Waals surface area contributed by atoms with Gasteiger partial charge in [0.2, 0.25) is 5.91 Å². The fourth-order valence-corrected chi connectivity index (χ4v) is 2.70. The number of anilines is 1. The van der Waals surface area contributed by atoms with Gasteiger partial charge in [-0.3, -0.25) is 9.59 Å². The van der Waals surface area contributed by atoms with Gasteiger partial charge in [0.05, 0.1) is 16.6 Å². The molecular weight excluding hydrogens is 375 g/mol. The van der Waals surface area contributed by atoms with Crippen LogP contribution in [0.2, 0.25) is 0 Å². The minimum Gasteiger partial charge on any atom is -0.309 e. The number of halogens is 3. The van der Waals surface area contributed by atoms with Gasteiger partial charge in [0.1, 0.15) is 18.7 Å². The van der Waals surface area contributed by atoms with E-state index in [4.69, 9.17) is 0 Å². The molecule has 28 heavy (non-hydrogen) atoms. The average molecular weight is 391 g/mol. The SMILES string of the molecule is CC(C)c1nn(CC(=O)Nc2ccncn2)c(=O)c2ccc(C(F)(F)F)cc12. The Hall–Kier alpha value is -3.30. The lowest BCUT2D eigenvalue weighted by molar-refractivity contribution is -0.137. The van der Waals surface area contributed by atoms with Crippen molar-refractivity contribution in [3.05, 3.63) is 58.4 Å². The van der Waals surface area contributed by atoms with Crippen molar-refractivity contribution >= 4 is 22.5 Å². The van der Waals surface area contributed by atoms with Crippen LogP contribution >= 0.6 is 0 Å². The molecule has 2 heterocycles. The van der Waals surface area contributed by atoms with E-state index in [1.807, 2.05) is 0 Å². The predicted molar refractivity (Wildman–Crippen MR) is 95.8 cm³/mol. The van der Waals surface area contributed by atoms with Crippen molar-refractivity contribution in [2.75, 3.05) is 5.32 Å². The Balaban J connectivity index is 2.03. The van der Waals surface area contributed by atoms with Crippen molar-refractivity contribution < 1.29 is 18.0 Å². The molecule has 3 rings (SSSR count). The number of alkyl halides is 3. The molecule has 0 spiro atoms. The van der Waals surface area contributed by atoms with E-state index in [-0.39, 0.29) is 22.5 Å². The molecule has 0 saturated carbocycles. The Morgan fingerprint density at radius 1 is 1.21 bits per heavy atom. The molecule has 0 saturated heterocycles. The molecule has 0 aliphatic carbocycles. The Bertz CT molecular complexity index is 1080. The summed E-state index contributed by atoms with van der Waals surface area (Å²) in [5.74, 6) is -0.551. The van der Waals surface area contributed by atoms with Gasteiger partial charge in [-0.25, -0.2) is 14.6 Å². The molecule has 0 atom stereocenters. The molecule has 0 aliphatic rings. The highest BCUT2D eigenvalue weighted by atomic mass is 19.4. The van der Waals surface area contributed by atoms with Crippen molar-refractivity contribution in [2.45, 2.75) is 32.5 Å². The summed E-state index contributed by atoms with van der Waals surface area (Å²) in [6.45, 7) is 3.09. The van der Waals surface area contributed by atoms with Gasteiger partial charge in [-0.15, -0.1) is 0 Å². The smallest absolute Gasteiger partial charge is 0.309 e. The molecule has 146 valence electrons. The normalized spacial score (nSPS) is 11.8. The molecule has 0 bridgehead atoms. The van der Waals surface area contributed by atoms with Crippen molar-refractivity contribution in [3.8, 4) is 0 Å². The van der Waals surface area contributed by atoms with Gasteiger partial charge in [-0.05, 0) is 30.2 Å². The number of benzene rings is 1. The van der Waals surface area contributed by atoms with E-state index in [1.54, 1.807) is 13.8 Å². The highest BCUT2D eigenvalue weighted by Gasteiger charge is 2.31. The molecule has 0 aliphatic heterocycles. The number of amides is 1. The molecule has 3 aromatic rings. The van der Waals surface area contributed by atoms with Crippen molar-refractivity contribution in [3.63, 3.8) is 0 Å². The van der Waals surface area contributed by atoms with Crippen LogP contribution in [-0.2, 0) is 17.5 Å². The Morgan fingerprint density at radius 3 is 2.57 bits per heavy atom. The van der Waals surface area contributed by atoms with Crippen LogP contribution in [-0.4, -0.2) is 25.7 Å². The molecule has 0 radical (unpaired) electrons. The number of nitrogens with one attached hydrogen (secondary N) is 1. The summed E-state index contributed by atoms with van der Waals surface area (Å²) >= 11 is 0. The fraction of sp³-hybridized carbons (Fsp3) is 0.278. The highest BCUT2D eigenvalue weighted by molar-refractivity contribution is 5.90. The number of fused-ring (bicyclic) bond motifs is 1. The fourth-order valence-electron chi connectivity index (χ4n) is 2.70. The maximum atomic E-state index is 13.0. The van der Waals surface area contributed by atoms with Crippen molar-refractivity contribution in [1.29, 1.82) is 0 Å². The maximum absolute atomic E-state index is 13.0. The molecule has 0 fully saturated rings. The van der Waals surface area contributed by atoms with E-state index in [9.17, 15) is 22.8 Å². The Morgan fingerprint density at radius 2 is 1.96 bits per heavy atom. The van der Waals surface area contributed by atoms with Crippen LogP contribution in [0, 0.1) is 0 Å². The van der Waals surface area contributed by atoms with Crippen LogP contribution in [0.15, 0.2) is 41.6 Å². The number of carbonyl (C=O) groups is 1. The van der Waals surface area contributed by atoms with Gasteiger partial charge < -0.3 is 5.32 Å². The summed E-state index contributed by atoms with van der Waals surface area (Å²) in [5, 5.41) is 6.85. The molecule has 2 aromatic heterocycles. The third-order valence-electron chi connectivity index (χ3n) is 4.01. The first-order valence-electron chi connectivity index (χ1n) is 8.34. The standard InChI is InChI=1S/C18H16F3N5O2/c1-10(2)16-13-7-11(18(19,20)21)3-4-12(13)17(28)26(25-16)8-15(27)24-14-5-6-22-9-23-14/h3-7,9-10H,8H2,1-2H3,(H,22,23,24,27). The van der Waals surface area contributed by atoms with Crippen LogP contribution in [0.5, 0.6) is 0 Å². The topological polar surface area (TPSA) is 89.8 Å². The third kappa shape index (κ3) is 4.00. The highest BCUT2D eigenvalue weighted by Crippen LogP contribution is 2.32. The summed E-state index contributed by atoms with van der Waals surface area (Å²) in [4.78, 5) is 32.5. The second kappa shape index (κ2) is 7.37. The number of hydrogen-bond acceptors (Lipinski definition) is 5. The van der Waals surface area contributed by atoms with Crippen LogP contribution in [0.25, 0.3) is 10.8 Å². The monoisotopic (exact) mass is 391 g/mol. The molecule has 1 amide bonds. The molecule has 1 N–H and O–H groups in total. The number of nitrogens with zero attached hydrogens (tertiary/aromatic N) is 4. The first-order valence-corrected chi connectivity index (χ1v) is 8.34. The molecule has 0 unspecified atom stereocenters. The van der Waals surface area contributed by atoms with E-state index in [1.165, 1.54) is 18.6 Å². The minimum atomic E-state index is -4.53. The van der Waals surface area contributed by atoms with Crippen LogP contribution in [0.1, 0.15) is 31.0 Å². The Kier molecular flexibility index (Phi) is 5.12. The van der Waals surface area contributed by atoms with Gasteiger partial charge in [0.25, 0.3) is 5.56 Å². The van der Waals surface area contributed by atoms with Crippen molar-refractivity contribution in [1.82, 2.24) is 19.7 Å². The first-order chi connectivity index (χ1) is 13.2.